The van der Waals surface area contributed by atoms with E-state index in [-0.39, 0.29) is 18.1 Å². The zero-order valence-electron chi connectivity index (χ0n) is 17.7. The average molecular weight is 464 g/mol. The first-order valence-electron chi connectivity index (χ1n) is 9.86. The molecule has 4 atom stereocenters. The van der Waals surface area contributed by atoms with Crippen LogP contribution in [0.2, 0.25) is 0 Å². The SMILES string of the molecule is CC(C)C(N)C(=O)NC(CCCCN)C(=O)NC(CS)C(=O)NC(CC(=O)O)C(=O)O. The van der Waals surface area contributed by atoms with Gasteiger partial charge in [-0.25, -0.2) is 4.79 Å². The highest BCUT2D eigenvalue weighted by Gasteiger charge is 2.30. The van der Waals surface area contributed by atoms with E-state index in [9.17, 15) is 24.0 Å². The van der Waals surface area contributed by atoms with Gasteiger partial charge in [0.05, 0.1) is 12.5 Å². The first-order valence-corrected chi connectivity index (χ1v) is 10.5. The van der Waals surface area contributed by atoms with Crippen LogP contribution in [0.4, 0.5) is 0 Å². The van der Waals surface area contributed by atoms with Gasteiger partial charge in [-0.3, -0.25) is 19.2 Å². The van der Waals surface area contributed by atoms with Crippen LogP contribution in [0.1, 0.15) is 39.5 Å². The van der Waals surface area contributed by atoms with Crippen LogP contribution in [0.15, 0.2) is 0 Å². The molecule has 0 aromatic rings. The number of carboxylic acids is 2. The van der Waals surface area contributed by atoms with Crippen LogP contribution < -0.4 is 27.4 Å². The molecule has 4 unspecified atom stereocenters. The van der Waals surface area contributed by atoms with E-state index in [1.54, 1.807) is 13.8 Å². The highest BCUT2D eigenvalue weighted by atomic mass is 32.1. The number of hydrogen-bond donors (Lipinski definition) is 8. The van der Waals surface area contributed by atoms with E-state index < -0.39 is 60.2 Å². The number of unbranched alkanes of at least 4 members (excludes halogenated alkanes) is 1. The minimum atomic E-state index is -1.67. The van der Waals surface area contributed by atoms with Crippen molar-refractivity contribution in [3.05, 3.63) is 0 Å². The van der Waals surface area contributed by atoms with Crippen molar-refractivity contribution in [1.29, 1.82) is 0 Å². The Kier molecular flexibility index (Phi) is 13.5. The lowest BCUT2D eigenvalue weighted by Crippen LogP contribution is -2.58. The fourth-order valence-electron chi connectivity index (χ4n) is 2.45. The summed E-state index contributed by atoms with van der Waals surface area (Å²) in [5.41, 5.74) is 11.3. The molecule has 0 aliphatic carbocycles. The number of hydrogen-bond acceptors (Lipinski definition) is 8. The first-order chi connectivity index (χ1) is 14.4. The number of thiol groups is 1. The van der Waals surface area contributed by atoms with Gasteiger partial charge < -0.3 is 37.6 Å². The summed E-state index contributed by atoms with van der Waals surface area (Å²) in [6.45, 7) is 3.91. The molecule has 0 aliphatic heterocycles. The monoisotopic (exact) mass is 463 g/mol. The van der Waals surface area contributed by atoms with Crippen LogP contribution in [0, 0.1) is 5.92 Å². The Hall–Kier alpha value is -2.38. The third-order valence-corrected chi connectivity index (χ3v) is 4.77. The molecule has 0 saturated carbocycles. The van der Waals surface area contributed by atoms with Crippen molar-refractivity contribution in [3.8, 4) is 0 Å². The van der Waals surface area contributed by atoms with Crippen molar-refractivity contribution in [2.45, 2.75) is 63.7 Å². The zero-order valence-corrected chi connectivity index (χ0v) is 18.6. The van der Waals surface area contributed by atoms with Crippen LogP contribution in [0.25, 0.3) is 0 Å². The van der Waals surface area contributed by atoms with Crippen LogP contribution in [-0.2, 0) is 24.0 Å². The van der Waals surface area contributed by atoms with Crippen LogP contribution in [0.5, 0.6) is 0 Å². The van der Waals surface area contributed by atoms with Gasteiger partial charge in [0.2, 0.25) is 17.7 Å². The molecule has 0 bridgehead atoms. The third-order valence-electron chi connectivity index (χ3n) is 4.41. The summed E-state index contributed by atoms with van der Waals surface area (Å²) in [5.74, 6) is -5.42. The molecule has 0 spiro atoms. The van der Waals surface area contributed by atoms with E-state index in [1.165, 1.54) is 0 Å². The molecule has 0 aliphatic rings. The van der Waals surface area contributed by atoms with Crippen molar-refractivity contribution >= 4 is 42.3 Å². The number of carbonyl (C=O) groups excluding carboxylic acids is 3. The molecule has 0 heterocycles. The summed E-state index contributed by atoms with van der Waals surface area (Å²) in [6, 6.07) is -4.75. The smallest absolute Gasteiger partial charge is 0.326 e. The van der Waals surface area contributed by atoms with Gasteiger partial charge in [-0.1, -0.05) is 13.8 Å². The number of carbonyl (C=O) groups is 5. The predicted molar refractivity (Wildman–Crippen MR) is 115 cm³/mol. The second kappa shape index (κ2) is 14.6. The molecule has 31 heavy (non-hydrogen) atoms. The Morgan fingerprint density at radius 1 is 0.871 bits per heavy atom. The topological polar surface area (TPSA) is 214 Å². The standard InChI is InChI=1S/C18H33N5O7S/c1-9(2)14(20)17(28)21-10(5-3-4-6-19)15(26)23-12(8-31)16(27)22-11(18(29)30)7-13(24)25/h9-12,14,31H,3-8,19-20H2,1-2H3,(H,21,28)(H,22,27)(H,23,26)(H,24,25)(H,29,30). The summed E-state index contributed by atoms with van der Waals surface area (Å²) in [6.07, 6.45) is 0.557. The lowest BCUT2D eigenvalue weighted by molar-refractivity contribution is -0.147. The first kappa shape index (κ1) is 28.6. The number of carboxylic acid groups (broad SMARTS) is 2. The maximum absolute atomic E-state index is 12.7. The summed E-state index contributed by atoms with van der Waals surface area (Å²) >= 11 is 3.99. The molecular formula is C18H33N5O7S. The van der Waals surface area contributed by atoms with Gasteiger partial charge in [0.1, 0.15) is 18.1 Å². The van der Waals surface area contributed by atoms with Crippen LogP contribution in [-0.4, -0.2) is 76.3 Å². The van der Waals surface area contributed by atoms with Crippen molar-refractivity contribution < 1.29 is 34.2 Å². The Bertz CT molecular complexity index is 647. The summed E-state index contributed by atoms with van der Waals surface area (Å²) < 4.78 is 0. The minimum Gasteiger partial charge on any atom is -0.481 e. The molecule has 0 rings (SSSR count). The van der Waals surface area contributed by atoms with E-state index in [4.69, 9.17) is 21.7 Å². The second-order valence-corrected chi connectivity index (χ2v) is 7.72. The lowest BCUT2D eigenvalue weighted by atomic mass is 10.0. The fraction of sp³-hybridized carbons (Fsp3) is 0.722. The van der Waals surface area contributed by atoms with Crippen molar-refractivity contribution in [2.75, 3.05) is 12.3 Å². The number of nitrogens with two attached hydrogens (primary N) is 2. The van der Waals surface area contributed by atoms with Gasteiger partial charge in [0.15, 0.2) is 0 Å². The number of amides is 3. The molecule has 0 aromatic carbocycles. The molecule has 3 amide bonds. The summed E-state index contributed by atoms with van der Waals surface area (Å²) in [5, 5.41) is 24.9. The van der Waals surface area contributed by atoms with Crippen molar-refractivity contribution in [3.63, 3.8) is 0 Å². The molecular weight excluding hydrogens is 430 g/mol. The number of aliphatic carboxylic acids is 2. The summed E-state index contributed by atoms with van der Waals surface area (Å²) in [7, 11) is 0. The van der Waals surface area contributed by atoms with Crippen molar-refractivity contribution in [2.24, 2.45) is 17.4 Å². The van der Waals surface area contributed by atoms with E-state index >= 15 is 0 Å². The van der Waals surface area contributed by atoms with Gasteiger partial charge in [0.25, 0.3) is 0 Å². The predicted octanol–water partition coefficient (Wildman–Crippen LogP) is -1.96. The van der Waals surface area contributed by atoms with E-state index in [1.807, 2.05) is 0 Å². The van der Waals surface area contributed by atoms with Gasteiger partial charge in [-0.15, -0.1) is 0 Å². The van der Waals surface area contributed by atoms with E-state index in [0.29, 0.717) is 19.4 Å². The molecule has 0 fully saturated rings. The van der Waals surface area contributed by atoms with Gasteiger partial charge in [0, 0.05) is 5.75 Å². The second-order valence-electron chi connectivity index (χ2n) is 7.36. The molecule has 13 heteroatoms. The molecule has 12 nitrogen and oxygen atoms in total. The molecule has 0 radical (unpaired) electrons. The maximum atomic E-state index is 12.7. The van der Waals surface area contributed by atoms with Gasteiger partial charge >= 0.3 is 11.9 Å². The minimum absolute atomic E-state index is 0.161. The highest BCUT2D eigenvalue weighted by molar-refractivity contribution is 7.80. The van der Waals surface area contributed by atoms with E-state index in [2.05, 4.69) is 28.6 Å². The number of rotatable bonds is 15. The summed E-state index contributed by atoms with van der Waals surface area (Å²) in [4.78, 5) is 59.3. The Labute approximate surface area is 186 Å². The molecule has 9 N–H and O–H groups in total. The highest BCUT2D eigenvalue weighted by Crippen LogP contribution is 2.05. The quantitative estimate of drug-likeness (QED) is 0.0998. The average Bonchev–Trinajstić information content (AvgIpc) is 2.69. The maximum Gasteiger partial charge on any atom is 0.326 e. The van der Waals surface area contributed by atoms with Crippen LogP contribution in [0.3, 0.4) is 0 Å². The fourth-order valence-corrected chi connectivity index (χ4v) is 2.70. The van der Waals surface area contributed by atoms with Crippen molar-refractivity contribution in [1.82, 2.24) is 16.0 Å². The Balaban J connectivity index is 5.25. The molecule has 178 valence electrons. The third kappa shape index (κ3) is 11.0. The Morgan fingerprint density at radius 2 is 1.39 bits per heavy atom. The largest absolute Gasteiger partial charge is 0.481 e. The lowest BCUT2D eigenvalue weighted by Gasteiger charge is -2.25. The molecule has 0 saturated heterocycles. The zero-order chi connectivity index (χ0) is 24.1. The van der Waals surface area contributed by atoms with Gasteiger partial charge in [-0.2, -0.15) is 12.6 Å². The Morgan fingerprint density at radius 3 is 1.84 bits per heavy atom. The normalized spacial score (nSPS) is 14.8. The van der Waals surface area contributed by atoms with Gasteiger partial charge in [-0.05, 0) is 31.7 Å². The van der Waals surface area contributed by atoms with Crippen LogP contribution >= 0.6 is 12.6 Å². The number of nitrogens with one attached hydrogen (secondary N) is 3. The van der Waals surface area contributed by atoms with E-state index in [0.717, 1.165) is 0 Å². The molecule has 0 aromatic heterocycles.